The van der Waals surface area contributed by atoms with Crippen molar-refractivity contribution in [1.29, 1.82) is 0 Å². The first-order valence-corrected chi connectivity index (χ1v) is 9.34. The third kappa shape index (κ3) is 2.97. The third-order valence-electron chi connectivity index (χ3n) is 5.42. The van der Waals surface area contributed by atoms with Crippen LogP contribution in [0.2, 0.25) is 0 Å². The van der Waals surface area contributed by atoms with Crippen molar-refractivity contribution in [2.75, 3.05) is 13.6 Å². The maximum Gasteiger partial charge on any atom is 0.123 e. The molecule has 2 heterocycles. The predicted octanol–water partition coefficient (Wildman–Crippen LogP) is 5.48. The minimum atomic E-state index is -0.188. The van der Waals surface area contributed by atoms with E-state index in [0.29, 0.717) is 0 Å². The van der Waals surface area contributed by atoms with E-state index in [4.69, 9.17) is 0 Å². The van der Waals surface area contributed by atoms with Gasteiger partial charge in [0.25, 0.3) is 0 Å². The Kier molecular flexibility index (Phi) is 4.41. The largest absolute Gasteiger partial charge is 0.320 e. The Hall–Kier alpha value is -2.39. The highest BCUT2D eigenvalue weighted by molar-refractivity contribution is 5.90. The van der Waals surface area contributed by atoms with Crippen molar-refractivity contribution in [2.24, 2.45) is 0 Å². The summed E-state index contributed by atoms with van der Waals surface area (Å²) in [7, 11) is 2.19. The molecule has 0 amide bonds. The third-order valence-corrected chi connectivity index (χ3v) is 5.42. The van der Waals surface area contributed by atoms with Crippen LogP contribution in [0.1, 0.15) is 35.7 Å². The van der Waals surface area contributed by atoms with Crippen molar-refractivity contribution in [3.63, 3.8) is 0 Å². The van der Waals surface area contributed by atoms with Crippen LogP contribution in [0.15, 0.2) is 42.5 Å². The van der Waals surface area contributed by atoms with Crippen molar-refractivity contribution < 1.29 is 4.39 Å². The quantitative estimate of drug-likeness (QED) is 0.608. The van der Waals surface area contributed by atoms with Gasteiger partial charge in [0.15, 0.2) is 0 Å². The Bertz CT molecular complexity index is 980. The molecule has 3 heteroatoms. The molecule has 2 nitrogen and oxygen atoms in total. The van der Waals surface area contributed by atoms with Gasteiger partial charge in [-0.2, -0.15) is 0 Å². The summed E-state index contributed by atoms with van der Waals surface area (Å²) in [4.78, 5) is 2.39. The number of aromatic nitrogens is 1. The second-order valence-electron chi connectivity index (χ2n) is 7.32. The molecule has 26 heavy (non-hydrogen) atoms. The normalized spacial score (nSPS) is 15.5. The van der Waals surface area contributed by atoms with Crippen LogP contribution in [0.5, 0.6) is 0 Å². The summed E-state index contributed by atoms with van der Waals surface area (Å²) in [6, 6.07) is 13.6. The number of likely N-dealkylation sites (N-methyl/N-ethyl adjacent to an activating group) is 1. The molecule has 0 radical (unpaired) electrons. The van der Waals surface area contributed by atoms with Gasteiger partial charge in [-0.3, -0.25) is 0 Å². The van der Waals surface area contributed by atoms with Crippen molar-refractivity contribution >= 4 is 22.7 Å². The van der Waals surface area contributed by atoms with E-state index >= 15 is 0 Å². The van der Waals surface area contributed by atoms with E-state index in [1.54, 1.807) is 12.1 Å². The van der Waals surface area contributed by atoms with Crippen LogP contribution in [0.3, 0.4) is 0 Å². The molecule has 0 unspecified atom stereocenters. The van der Waals surface area contributed by atoms with Gasteiger partial charge in [-0.1, -0.05) is 30.7 Å². The Balaban J connectivity index is 1.91. The zero-order valence-electron chi connectivity index (χ0n) is 15.7. The van der Waals surface area contributed by atoms with Gasteiger partial charge < -0.3 is 9.47 Å². The van der Waals surface area contributed by atoms with Crippen LogP contribution >= 0.6 is 0 Å². The number of aryl methyl sites for hydroxylation is 1. The van der Waals surface area contributed by atoms with Crippen LogP contribution in [0.4, 0.5) is 4.39 Å². The highest BCUT2D eigenvalue weighted by Gasteiger charge is 2.22. The lowest BCUT2D eigenvalue weighted by Crippen LogP contribution is -2.26. The van der Waals surface area contributed by atoms with E-state index in [2.05, 4.69) is 54.8 Å². The Morgan fingerprint density at radius 3 is 2.65 bits per heavy atom. The first-order chi connectivity index (χ1) is 12.6. The van der Waals surface area contributed by atoms with Crippen molar-refractivity contribution in [2.45, 2.75) is 33.2 Å². The molecule has 4 rings (SSSR count). The number of halogens is 1. The summed E-state index contributed by atoms with van der Waals surface area (Å²) in [5, 5.41) is 1.36. The van der Waals surface area contributed by atoms with Gasteiger partial charge in [0.1, 0.15) is 5.82 Å². The number of nitrogens with zero attached hydrogens (tertiary/aromatic N) is 2. The molecular weight excluding hydrogens is 323 g/mol. The van der Waals surface area contributed by atoms with Crippen LogP contribution < -0.4 is 0 Å². The van der Waals surface area contributed by atoms with Crippen molar-refractivity contribution in [1.82, 2.24) is 9.47 Å². The zero-order chi connectivity index (χ0) is 18.3. The van der Waals surface area contributed by atoms with Crippen LogP contribution in [-0.4, -0.2) is 23.1 Å². The van der Waals surface area contributed by atoms with E-state index < -0.39 is 0 Å². The zero-order valence-corrected chi connectivity index (χ0v) is 15.7. The number of fused-ring (bicyclic) bond motifs is 3. The fraction of sp³-hybridized carbons (Fsp3) is 0.304. The molecular formula is C23H25FN2. The fourth-order valence-corrected chi connectivity index (χ4v) is 3.98. The molecule has 3 aromatic rings. The van der Waals surface area contributed by atoms with E-state index in [1.807, 2.05) is 12.1 Å². The average Bonchev–Trinajstić information content (AvgIpc) is 2.93. The molecule has 2 aromatic carbocycles. The Morgan fingerprint density at radius 1 is 1.15 bits per heavy atom. The molecule has 0 fully saturated rings. The minimum Gasteiger partial charge on any atom is -0.320 e. The van der Waals surface area contributed by atoms with Gasteiger partial charge in [-0.15, -0.1) is 0 Å². The summed E-state index contributed by atoms with van der Waals surface area (Å²) in [6.45, 7) is 6.38. The van der Waals surface area contributed by atoms with Gasteiger partial charge >= 0.3 is 0 Å². The summed E-state index contributed by atoms with van der Waals surface area (Å²) in [6.07, 6.45) is 4.22. The lowest BCUT2D eigenvalue weighted by molar-refractivity contribution is 0.312. The molecule has 0 saturated heterocycles. The molecule has 1 aliphatic heterocycles. The van der Waals surface area contributed by atoms with E-state index in [0.717, 1.165) is 31.5 Å². The average molecular weight is 348 g/mol. The molecule has 0 atom stereocenters. The number of hydrogen-bond acceptors (Lipinski definition) is 1. The summed E-state index contributed by atoms with van der Waals surface area (Å²) >= 11 is 0. The smallest absolute Gasteiger partial charge is 0.123 e. The van der Waals surface area contributed by atoms with E-state index in [1.165, 1.54) is 33.3 Å². The number of allylic oxidation sites excluding steroid dienone is 1. The molecule has 0 saturated carbocycles. The maximum absolute atomic E-state index is 13.3. The summed E-state index contributed by atoms with van der Waals surface area (Å²) in [5.74, 6) is -0.188. The van der Waals surface area contributed by atoms with Gasteiger partial charge in [0, 0.05) is 36.8 Å². The number of benzene rings is 2. The highest BCUT2D eigenvalue weighted by atomic mass is 19.1. The summed E-state index contributed by atoms with van der Waals surface area (Å²) < 4.78 is 15.7. The number of hydrogen-bond donors (Lipinski definition) is 0. The lowest BCUT2D eigenvalue weighted by atomic mass is 10.0. The van der Waals surface area contributed by atoms with E-state index in [-0.39, 0.29) is 5.82 Å². The predicted molar refractivity (Wildman–Crippen MR) is 108 cm³/mol. The fourth-order valence-electron chi connectivity index (χ4n) is 3.98. The van der Waals surface area contributed by atoms with Crippen LogP contribution in [-0.2, 0) is 13.0 Å². The number of rotatable bonds is 3. The molecule has 0 spiro atoms. The Morgan fingerprint density at radius 2 is 1.92 bits per heavy atom. The van der Waals surface area contributed by atoms with Crippen LogP contribution in [0, 0.1) is 12.7 Å². The minimum absolute atomic E-state index is 0.188. The van der Waals surface area contributed by atoms with Crippen molar-refractivity contribution in [3.8, 4) is 0 Å². The molecule has 1 aromatic heterocycles. The Labute approximate surface area is 154 Å². The van der Waals surface area contributed by atoms with Gasteiger partial charge in [-0.25, -0.2) is 4.39 Å². The SMILES string of the molecule is CCC(=Cn1c2c(c3cc(C)ccc31)CN(C)CC2)c1ccc(F)cc1. The molecule has 0 N–H and O–H groups in total. The van der Waals surface area contributed by atoms with Gasteiger partial charge in [-0.05, 0) is 61.4 Å². The summed E-state index contributed by atoms with van der Waals surface area (Å²) in [5.41, 5.74) is 7.74. The molecule has 134 valence electrons. The first-order valence-electron chi connectivity index (χ1n) is 9.34. The monoisotopic (exact) mass is 348 g/mol. The second-order valence-corrected chi connectivity index (χ2v) is 7.32. The molecule has 0 bridgehead atoms. The standard InChI is InChI=1S/C23H25FN2/c1-4-17(18-6-8-19(24)9-7-18)14-26-22-10-5-16(2)13-20(22)21-15-25(3)12-11-23(21)26/h5-10,13-14H,4,11-12,15H2,1-3H3. The van der Waals surface area contributed by atoms with Crippen LogP contribution in [0.25, 0.3) is 22.7 Å². The second kappa shape index (κ2) is 6.73. The lowest BCUT2D eigenvalue weighted by Gasteiger charge is -2.23. The maximum atomic E-state index is 13.3. The van der Waals surface area contributed by atoms with Gasteiger partial charge in [0.05, 0.1) is 5.52 Å². The van der Waals surface area contributed by atoms with E-state index in [9.17, 15) is 4.39 Å². The molecule has 1 aliphatic rings. The topological polar surface area (TPSA) is 8.17 Å². The molecule has 0 aliphatic carbocycles. The van der Waals surface area contributed by atoms with Crippen molar-refractivity contribution in [3.05, 3.63) is 70.7 Å². The first kappa shape index (κ1) is 17.0. The van der Waals surface area contributed by atoms with Gasteiger partial charge in [0.2, 0.25) is 0 Å². The highest BCUT2D eigenvalue weighted by Crippen LogP contribution is 2.33.